The van der Waals surface area contributed by atoms with E-state index >= 15 is 0 Å². The Morgan fingerprint density at radius 1 is 1.47 bits per heavy atom. The minimum Gasteiger partial charge on any atom is -0.444 e. The monoisotopic (exact) mass is 263 g/mol. The number of nitrogen functional groups attached to an aromatic ring is 1. The van der Waals surface area contributed by atoms with Crippen LogP contribution in [0.15, 0.2) is 12.1 Å². The molecule has 104 valence electrons. The molecule has 0 spiro atoms. The van der Waals surface area contributed by atoms with Crippen molar-refractivity contribution >= 4 is 11.9 Å². The van der Waals surface area contributed by atoms with Gasteiger partial charge in [-0.2, -0.15) is 0 Å². The van der Waals surface area contributed by atoms with E-state index in [9.17, 15) is 4.79 Å². The molecule has 2 N–H and O–H groups in total. The number of carbonyl (C=O) groups excluding carboxylic acids is 1. The van der Waals surface area contributed by atoms with E-state index in [1.807, 2.05) is 33.8 Å². The Hall–Kier alpha value is -1.78. The van der Waals surface area contributed by atoms with Gasteiger partial charge in [0.25, 0.3) is 0 Å². The molecule has 0 bridgehead atoms. The number of anilines is 1. The molecule has 0 aromatic carbocycles. The van der Waals surface area contributed by atoms with Gasteiger partial charge in [-0.05, 0) is 39.3 Å². The highest BCUT2D eigenvalue weighted by molar-refractivity contribution is 5.69. The third-order valence-electron chi connectivity index (χ3n) is 3.17. The normalized spacial score (nSPS) is 18.9. The van der Waals surface area contributed by atoms with E-state index in [2.05, 4.69) is 4.98 Å². The van der Waals surface area contributed by atoms with Crippen LogP contribution in [0.5, 0.6) is 0 Å². The van der Waals surface area contributed by atoms with E-state index in [-0.39, 0.29) is 12.1 Å². The zero-order valence-electron chi connectivity index (χ0n) is 11.9. The largest absolute Gasteiger partial charge is 0.444 e. The smallest absolute Gasteiger partial charge is 0.410 e. The molecule has 5 heteroatoms. The molecule has 0 aliphatic carbocycles. The summed E-state index contributed by atoms with van der Waals surface area (Å²) in [6.07, 6.45) is 0.437. The van der Waals surface area contributed by atoms with Crippen molar-refractivity contribution in [2.24, 2.45) is 0 Å². The average Bonchev–Trinajstić information content (AvgIpc) is 2.26. The summed E-state index contributed by atoms with van der Waals surface area (Å²) in [5.74, 6) is 0.525. The highest BCUT2D eigenvalue weighted by atomic mass is 16.6. The molecule has 5 nitrogen and oxygen atoms in total. The number of rotatable bonds is 0. The molecule has 1 aromatic heterocycles. The first-order valence-electron chi connectivity index (χ1n) is 6.53. The van der Waals surface area contributed by atoms with Crippen molar-refractivity contribution in [3.8, 4) is 0 Å². The number of pyridine rings is 1. The molecule has 0 saturated carbocycles. The number of amides is 1. The first kappa shape index (κ1) is 13.6. The van der Waals surface area contributed by atoms with Gasteiger partial charge in [-0.25, -0.2) is 9.78 Å². The fourth-order valence-electron chi connectivity index (χ4n) is 2.27. The first-order chi connectivity index (χ1) is 8.78. The zero-order chi connectivity index (χ0) is 14.2. The topological polar surface area (TPSA) is 68.5 Å². The summed E-state index contributed by atoms with van der Waals surface area (Å²) in [4.78, 5) is 18.2. The van der Waals surface area contributed by atoms with E-state index in [0.717, 1.165) is 11.3 Å². The maximum absolute atomic E-state index is 12.2. The number of hydrogen-bond donors (Lipinski definition) is 1. The Balaban J connectivity index is 2.19. The number of nitrogens with two attached hydrogens (primary N) is 1. The number of ether oxygens (including phenoxy) is 1. The number of carbonyl (C=O) groups is 1. The molecule has 19 heavy (non-hydrogen) atoms. The number of hydrogen-bond acceptors (Lipinski definition) is 4. The van der Waals surface area contributed by atoms with Gasteiger partial charge in [0.1, 0.15) is 11.4 Å². The lowest BCUT2D eigenvalue weighted by Gasteiger charge is -2.35. The van der Waals surface area contributed by atoms with Crippen LogP contribution in [0.1, 0.15) is 45.0 Å². The molecule has 1 amide bonds. The van der Waals surface area contributed by atoms with Gasteiger partial charge in [-0.1, -0.05) is 6.07 Å². The van der Waals surface area contributed by atoms with E-state index < -0.39 is 5.60 Å². The first-order valence-corrected chi connectivity index (χ1v) is 6.53. The minimum absolute atomic E-state index is 0.0355. The fraction of sp³-hybridized carbons (Fsp3) is 0.571. The Morgan fingerprint density at radius 3 is 2.79 bits per heavy atom. The minimum atomic E-state index is -0.476. The van der Waals surface area contributed by atoms with E-state index in [1.165, 1.54) is 0 Å². The lowest BCUT2D eigenvalue weighted by Crippen LogP contribution is -2.42. The summed E-state index contributed by atoms with van der Waals surface area (Å²) < 4.78 is 5.43. The van der Waals surface area contributed by atoms with Crippen molar-refractivity contribution in [1.82, 2.24) is 9.88 Å². The highest BCUT2D eigenvalue weighted by Crippen LogP contribution is 2.30. The summed E-state index contributed by atoms with van der Waals surface area (Å²) in [5, 5.41) is 0. The van der Waals surface area contributed by atoms with Gasteiger partial charge >= 0.3 is 6.09 Å². The van der Waals surface area contributed by atoms with Crippen molar-refractivity contribution in [2.75, 3.05) is 12.3 Å². The van der Waals surface area contributed by atoms with Crippen molar-refractivity contribution in [3.05, 3.63) is 23.4 Å². The van der Waals surface area contributed by atoms with Crippen LogP contribution in [-0.4, -0.2) is 28.1 Å². The van der Waals surface area contributed by atoms with Crippen LogP contribution in [0.25, 0.3) is 0 Å². The molecule has 0 radical (unpaired) electrons. The summed E-state index contributed by atoms with van der Waals surface area (Å²) in [7, 11) is 0. The average molecular weight is 263 g/mol. The molecule has 2 rings (SSSR count). The third-order valence-corrected chi connectivity index (χ3v) is 3.17. The third kappa shape index (κ3) is 2.97. The van der Waals surface area contributed by atoms with E-state index in [4.69, 9.17) is 10.5 Å². The molecule has 1 aliphatic heterocycles. The quantitative estimate of drug-likeness (QED) is 0.781. The van der Waals surface area contributed by atoms with Gasteiger partial charge in [0, 0.05) is 18.7 Å². The Morgan fingerprint density at radius 2 is 2.16 bits per heavy atom. The molecular formula is C14H21N3O2. The van der Waals surface area contributed by atoms with Crippen molar-refractivity contribution < 1.29 is 9.53 Å². The highest BCUT2D eigenvalue weighted by Gasteiger charge is 2.31. The predicted molar refractivity (Wildman–Crippen MR) is 73.7 cm³/mol. The van der Waals surface area contributed by atoms with Crippen LogP contribution < -0.4 is 5.73 Å². The van der Waals surface area contributed by atoms with Gasteiger partial charge < -0.3 is 15.4 Å². The molecular weight excluding hydrogens is 242 g/mol. The Labute approximate surface area is 113 Å². The van der Waals surface area contributed by atoms with Crippen LogP contribution >= 0.6 is 0 Å². The second-order valence-electron chi connectivity index (χ2n) is 5.87. The van der Waals surface area contributed by atoms with Gasteiger partial charge in [-0.3, -0.25) is 0 Å². The lowest BCUT2D eigenvalue weighted by atomic mass is 9.98. The SMILES string of the molecule is CC1c2ccc(N)nc2CCN1C(=O)OC(C)(C)C. The standard InChI is InChI=1S/C14H21N3O2/c1-9-10-5-6-12(15)16-11(10)7-8-17(9)13(18)19-14(2,3)4/h5-6,9H,7-8H2,1-4H3,(H2,15,16). The molecule has 1 unspecified atom stereocenters. The number of fused-ring (bicyclic) bond motifs is 1. The van der Waals surface area contributed by atoms with Crippen LogP contribution in [0.4, 0.5) is 10.6 Å². The van der Waals surface area contributed by atoms with Gasteiger partial charge in [0.05, 0.1) is 6.04 Å². The molecule has 2 heterocycles. The Kier molecular flexibility index (Phi) is 3.39. The summed E-state index contributed by atoms with van der Waals surface area (Å²) in [5.41, 5.74) is 7.24. The number of nitrogens with zero attached hydrogens (tertiary/aromatic N) is 2. The van der Waals surface area contributed by atoms with Gasteiger partial charge in [0.15, 0.2) is 0 Å². The van der Waals surface area contributed by atoms with Crippen molar-refractivity contribution in [3.63, 3.8) is 0 Å². The number of aromatic nitrogens is 1. The van der Waals surface area contributed by atoms with E-state index in [1.54, 1.807) is 11.0 Å². The van der Waals surface area contributed by atoms with Gasteiger partial charge in [-0.15, -0.1) is 0 Å². The maximum Gasteiger partial charge on any atom is 0.410 e. The summed E-state index contributed by atoms with van der Waals surface area (Å²) in [6.45, 7) is 8.21. The van der Waals surface area contributed by atoms with E-state index in [0.29, 0.717) is 18.8 Å². The fourth-order valence-corrected chi connectivity index (χ4v) is 2.27. The van der Waals surface area contributed by atoms with Crippen molar-refractivity contribution in [2.45, 2.75) is 45.8 Å². The maximum atomic E-state index is 12.2. The summed E-state index contributed by atoms with van der Waals surface area (Å²) in [6, 6.07) is 3.68. The van der Waals surface area contributed by atoms with Crippen LogP contribution in [-0.2, 0) is 11.2 Å². The molecule has 1 atom stereocenters. The van der Waals surface area contributed by atoms with Crippen LogP contribution in [0.2, 0.25) is 0 Å². The van der Waals surface area contributed by atoms with Crippen molar-refractivity contribution in [1.29, 1.82) is 0 Å². The molecule has 0 saturated heterocycles. The van der Waals surface area contributed by atoms with Gasteiger partial charge in [0.2, 0.25) is 0 Å². The molecule has 1 aliphatic rings. The Bertz CT molecular complexity index is 494. The lowest BCUT2D eigenvalue weighted by molar-refractivity contribution is 0.0158. The van der Waals surface area contributed by atoms with Crippen LogP contribution in [0.3, 0.4) is 0 Å². The van der Waals surface area contributed by atoms with Crippen LogP contribution in [0, 0.1) is 0 Å². The second kappa shape index (κ2) is 4.72. The molecule has 1 aromatic rings. The second-order valence-corrected chi connectivity index (χ2v) is 5.87. The zero-order valence-corrected chi connectivity index (χ0v) is 11.9. The predicted octanol–water partition coefficient (Wildman–Crippen LogP) is 2.52. The summed E-state index contributed by atoms with van der Waals surface area (Å²) >= 11 is 0. The molecule has 0 fully saturated rings.